The maximum absolute atomic E-state index is 13.8. The molecule has 2 aliphatic rings. The summed E-state index contributed by atoms with van der Waals surface area (Å²) in [4.78, 5) is 32.5. The van der Waals surface area contributed by atoms with Crippen LogP contribution in [0, 0.1) is 5.82 Å². The molecule has 0 saturated carbocycles. The number of carbonyl (C=O) groups excluding carboxylic acids is 2. The highest BCUT2D eigenvalue weighted by Gasteiger charge is 2.48. The molecule has 6 rings (SSSR count). The fraction of sp³-hybridized carbons (Fsp3) is 0.148. The molecular weight excluding hydrogens is 503 g/mol. The maximum atomic E-state index is 13.8. The molecule has 36 heavy (non-hydrogen) atoms. The Balaban J connectivity index is 1.53. The number of hydrogen-bond donors (Lipinski definition) is 1. The minimum absolute atomic E-state index is 0.0147. The molecule has 0 aliphatic carbocycles. The van der Waals surface area contributed by atoms with Crippen LogP contribution in [0.1, 0.15) is 29.7 Å². The lowest BCUT2D eigenvalue weighted by Gasteiger charge is -2.23. The van der Waals surface area contributed by atoms with Crippen molar-refractivity contribution in [2.45, 2.75) is 25.5 Å². The van der Waals surface area contributed by atoms with Crippen molar-refractivity contribution >= 4 is 55.7 Å². The number of amides is 1. The second kappa shape index (κ2) is 8.43. The van der Waals surface area contributed by atoms with Crippen LogP contribution in [0.3, 0.4) is 0 Å². The van der Waals surface area contributed by atoms with Crippen molar-refractivity contribution in [2.75, 3.05) is 4.90 Å². The summed E-state index contributed by atoms with van der Waals surface area (Å²) in [6, 6.07) is 15.1. The molecule has 3 heterocycles. The zero-order chi connectivity index (χ0) is 25.1. The minimum Gasteiger partial charge on any atom is -0.507 e. The third-order valence-corrected chi connectivity index (χ3v) is 7.61. The van der Waals surface area contributed by atoms with Gasteiger partial charge in [-0.25, -0.2) is 9.37 Å². The molecule has 0 unspecified atom stereocenters. The number of fused-ring (bicyclic) bond motifs is 2. The van der Waals surface area contributed by atoms with Gasteiger partial charge in [0.15, 0.2) is 5.13 Å². The summed E-state index contributed by atoms with van der Waals surface area (Å²) in [6.45, 7) is 1.95. The number of hydrogen-bond acceptors (Lipinski definition) is 6. The van der Waals surface area contributed by atoms with Crippen LogP contribution in [0.5, 0.6) is 5.75 Å². The van der Waals surface area contributed by atoms with Gasteiger partial charge in [-0.05, 0) is 66.6 Å². The standard InChI is InChI=1S/C27H18ClFN2O4S/c1-13-10-16-11-15(4-9-20(16)35-13)24(32)22-23(14-2-5-17(28)6-3-14)31(26(34)25(22)33)27-30-19-8-7-18(29)12-21(19)36-27/h2-9,11-13,23,32H,10H2,1H3/b24-22+/t13-,23+/m1/s1. The first-order valence-electron chi connectivity index (χ1n) is 11.2. The number of benzene rings is 3. The number of halogens is 2. The molecule has 3 aromatic carbocycles. The topological polar surface area (TPSA) is 79.7 Å². The number of aliphatic hydroxyl groups excluding tert-OH is 1. The Morgan fingerprint density at radius 1 is 1.14 bits per heavy atom. The number of aromatic nitrogens is 1. The van der Waals surface area contributed by atoms with Crippen molar-refractivity contribution in [1.29, 1.82) is 0 Å². The van der Waals surface area contributed by atoms with E-state index in [0.717, 1.165) is 22.6 Å². The fourth-order valence-corrected chi connectivity index (χ4v) is 5.85. The first-order valence-corrected chi connectivity index (χ1v) is 12.4. The largest absolute Gasteiger partial charge is 0.507 e. The van der Waals surface area contributed by atoms with Gasteiger partial charge in [0.25, 0.3) is 5.78 Å². The summed E-state index contributed by atoms with van der Waals surface area (Å²) in [5.74, 6) is -1.64. The van der Waals surface area contributed by atoms with E-state index in [1.54, 1.807) is 42.5 Å². The molecule has 0 bridgehead atoms. The van der Waals surface area contributed by atoms with Crippen LogP contribution in [-0.4, -0.2) is 27.9 Å². The third-order valence-electron chi connectivity index (χ3n) is 6.34. The van der Waals surface area contributed by atoms with E-state index in [2.05, 4.69) is 4.98 Å². The van der Waals surface area contributed by atoms with Crippen molar-refractivity contribution in [3.8, 4) is 5.75 Å². The van der Waals surface area contributed by atoms with Crippen molar-refractivity contribution < 1.29 is 23.8 Å². The molecule has 180 valence electrons. The molecule has 2 aliphatic heterocycles. The molecule has 0 spiro atoms. The first-order chi connectivity index (χ1) is 17.3. The van der Waals surface area contributed by atoms with E-state index in [0.29, 0.717) is 32.8 Å². The van der Waals surface area contributed by atoms with Crippen LogP contribution in [0.2, 0.25) is 5.02 Å². The van der Waals surface area contributed by atoms with Crippen LogP contribution in [0.15, 0.2) is 66.2 Å². The Morgan fingerprint density at radius 2 is 1.92 bits per heavy atom. The lowest BCUT2D eigenvalue weighted by molar-refractivity contribution is -0.132. The van der Waals surface area contributed by atoms with Crippen LogP contribution < -0.4 is 9.64 Å². The van der Waals surface area contributed by atoms with Gasteiger partial charge in [-0.15, -0.1) is 0 Å². The van der Waals surface area contributed by atoms with Gasteiger partial charge in [-0.3, -0.25) is 14.5 Å². The smallest absolute Gasteiger partial charge is 0.301 e. The van der Waals surface area contributed by atoms with Crippen molar-refractivity contribution in [2.24, 2.45) is 0 Å². The molecule has 1 fully saturated rings. The predicted molar refractivity (Wildman–Crippen MR) is 136 cm³/mol. The van der Waals surface area contributed by atoms with Gasteiger partial charge in [-0.1, -0.05) is 35.1 Å². The van der Waals surface area contributed by atoms with Gasteiger partial charge < -0.3 is 9.84 Å². The van der Waals surface area contributed by atoms with Gasteiger partial charge in [0, 0.05) is 17.0 Å². The van der Waals surface area contributed by atoms with Gasteiger partial charge >= 0.3 is 5.91 Å². The minimum atomic E-state index is -0.948. The van der Waals surface area contributed by atoms with E-state index < -0.39 is 23.5 Å². The number of anilines is 1. The molecule has 1 amide bonds. The number of thiazole rings is 1. The average molecular weight is 521 g/mol. The maximum Gasteiger partial charge on any atom is 0.301 e. The number of Topliss-reactive ketones (excluding diaryl/α,β-unsaturated/α-hetero) is 1. The van der Waals surface area contributed by atoms with Gasteiger partial charge in [0.1, 0.15) is 23.4 Å². The Kier molecular flexibility index (Phi) is 5.31. The Morgan fingerprint density at radius 3 is 2.69 bits per heavy atom. The molecule has 0 radical (unpaired) electrons. The van der Waals surface area contributed by atoms with Crippen LogP contribution in [0.25, 0.3) is 16.0 Å². The SMILES string of the molecule is C[C@@H]1Cc2cc(/C(O)=C3\C(=O)C(=O)N(c4nc5ccc(F)cc5s4)[C@H]3c3ccc(Cl)cc3)ccc2O1. The summed E-state index contributed by atoms with van der Waals surface area (Å²) in [5, 5.41) is 12.1. The summed E-state index contributed by atoms with van der Waals surface area (Å²) < 4.78 is 20.1. The quantitative estimate of drug-likeness (QED) is 0.202. The second-order valence-corrected chi connectivity index (χ2v) is 10.2. The van der Waals surface area contributed by atoms with Crippen LogP contribution in [-0.2, 0) is 16.0 Å². The summed E-state index contributed by atoms with van der Waals surface area (Å²) in [5.41, 5.74) is 2.34. The molecule has 9 heteroatoms. The average Bonchev–Trinajstić information content (AvgIpc) is 3.51. The monoisotopic (exact) mass is 520 g/mol. The first kappa shape index (κ1) is 22.7. The van der Waals surface area contributed by atoms with Gasteiger partial charge in [0.05, 0.1) is 21.8 Å². The van der Waals surface area contributed by atoms with Crippen molar-refractivity contribution in [1.82, 2.24) is 4.98 Å². The van der Waals surface area contributed by atoms with E-state index in [-0.39, 0.29) is 22.6 Å². The molecular formula is C27H18ClFN2O4S. The molecule has 2 atom stereocenters. The van der Waals surface area contributed by atoms with E-state index in [1.807, 2.05) is 6.92 Å². The number of rotatable bonds is 3. The highest BCUT2D eigenvalue weighted by atomic mass is 35.5. The highest BCUT2D eigenvalue weighted by molar-refractivity contribution is 7.22. The van der Waals surface area contributed by atoms with E-state index in [9.17, 15) is 19.1 Å². The summed E-state index contributed by atoms with van der Waals surface area (Å²) in [6.07, 6.45) is 0.689. The fourth-order valence-electron chi connectivity index (χ4n) is 4.70. The molecule has 1 N–H and O–H groups in total. The highest BCUT2D eigenvalue weighted by Crippen LogP contribution is 2.45. The van der Waals surface area contributed by atoms with E-state index in [1.165, 1.54) is 23.1 Å². The lowest BCUT2D eigenvalue weighted by atomic mass is 9.94. The number of ketones is 1. The number of nitrogens with zero attached hydrogens (tertiary/aromatic N) is 2. The van der Waals surface area contributed by atoms with Crippen molar-refractivity contribution in [3.05, 3.63) is 93.8 Å². The van der Waals surface area contributed by atoms with Crippen LogP contribution >= 0.6 is 22.9 Å². The molecule has 1 saturated heterocycles. The Hall–Kier alpha value is -3.75. The predicted octanol–water partition coefficient (Wildman–Crippen LogP) is 6.04. The Bertz CT molecular complexity index is 1600. The number of aliphatic hydroxyl groups is 1. The Labute approximate surface area is 214 Å². The van der Waals surface area contributed by atoms with Crippen LogP contribution in [0.4, 0.5) is 9.52 Å². The normalized spacial score (nSPS) is 20.7. The van der Waals surface area contributed by atoms with E-state index >= 15 is 0 Å². The third kappa shape index (κ3) is 3.65. The van der Waals surface area contributed by atoms with Crippen molar-refractivity contribution in [3.63, 3.8) is 0 Å². The van der Waals surface area contributed by atoms with Gasteiger partial charge in [0.2, 0.25) is 0 Å². The molecule has 1 aromatic heterocycles. The second-order valence-electron chi connectivity index (χ2n) is 8.78. The number of carbonyl (C=O) groups is 2. The summed E-state index contributed by atoms with van der Waals surface area (Å²) in [7, 11) is 0. The van der Waals surface area contributed by atoms with Gasteiger partial charge in [-0.2, -0.15) is 0 Å². The molecule has 6 nitrogen and oxygen atoms in total. The summed E-state index contributed by atoms with van der Waals surface area (Å²) >= 11 is 7.19. The van der Waals surface area contributed by atoms with E-state index in [4.69, 9.17) is 16.3 Å². The molecule has 4 aromatic rings. The number of ether oxygens (including phenoxy) is 1. The zero-order valence-corrected chi connectivity index (χ0v) is 20.4. The zero-order valence-electron chi connectivity index (χ0n) is 18.9. The lowest BCUT2D eigenvalue weighted by Crippen LogP contribution is -2.29.